The second-order valence-corrected chi connectivity index (χ2v) is 6.46. The zero-order valence-electron chi connectivity index (χ0n) is 11.8. The van der Waals surface area contributed by atoms with Crippen LogP contribution in [0.5, 0.6) is 0 Å². The topological polar surface area (TPSA) is 21.3 Å². The second-order valence-electron chi connectivity index (χ2n) is 6.46. The van der Waals surface area contributed by atoms with E-state index < -0.39 is 11.6 Å². The molecule has 2 fully saturated rings. The largest absolute Gasteiger partial charge is 0.383 e. The third-order valence-electron chi connectivity index (χ3n) is 4.81. The minimum atomic E-state index is -0.479. The van der Waals surface area contributed by atoms with E-state index in [2.05, 4.69) is 5.32 Å². The van der Waals surface area contributed by atoms with Gasteiger partial charge in [-0.05, 0) is 48.8 Å². The van der Waals surface area contributed by atoms with Crippen molar-refractivity contribution in [3.8, 4) is 0 Å². The maximum absolute atomic E-state index is 13.5. The lowest BCUT2D eigenvalue weighted by molar-refractivity contribution is 0.111. The van der Waals surface area contributed by atoms with Crippen LogP contribution in [-0.2, 0) is 10.2 Å². The molecule has 1 aromatic rings. The minimum absolute atomic E-state index is 0.104. The quantitative estimate of drug-likeness (QED) is 0.809. The molecule has 3 rings (SSSR count). The van der Waals surface area contributed by atoms with Crippen molar-refractivity contribution >= 4 is 0 Å². The highest BCUT2D eigenvalue weighted by Gasteiger charge is 2.61. The average molecular weight is 281 g/mol. The summed E-state index contributed by atoms with van der Waals surface area (Å²) >= 11 is 0. The summed E-state index contributed by atoms with van der Waals surface area (Å²) in [6.45, 7) is 2.18. The average Bonchev–Trinajstić information content (AvgIpc) is 3.12. The van der Waals surface area contributed by atoms with E-state index in [1.165, 1.54) is 25.0 Å². The van der Waals surface area contributed by atoms with Gasteiger partial charge < -0.3 is 10.1 Å². The molecule has 0 aliphatic heterocycles. The van der Waals surface area contributed by atoms with Crippen LogP contribution >= 0.6 is 0 Å². The summed E-state index contributed by atoms with van der Waals surface area (Å²) in [5.74, 6) is -0.957. The van der Waals surface area contributed by atoms with Gasteiger partial charge in [0, 0.05) is 31.7 Å². The Morgan fingerprint density at radius 1 is 1.15 bits per heavy atom. The fourth-order valence-electron chi connectivity index (χ4n) is 3.71. The van der Waals surface area contributed by atoms with Crippen LogP contribution in [0.2, 0.25) is 0 Å². The van der Waals surface area contributed by atoms with E-state index in [1.54, 1.807) is 7.11 Å². The van der Waals surface area contributed by atoms with Gasteiger partial charge in [-0.1, -0.05) is 0 Å². The van der Waals surface area contributed by atoms with Crippen LogP contribution in [0.25, 0.3) is 0 Å². The number of halogens is 2. The Morgan fingerprint density at radius 2 is 1.80 bits per heavy atom. The molecule has 0 aromatic heterocycles. The van der Waals surface area contributed by atoms with Gasteiger partial charge >= 0.3 is 0 Å². The minimum Gasteiger partial charge on any atom is -0.383 e. The zero-order chi connectivity index (χ0) is 14.2. The van der Waals surface area contributed by atoms with Gasteiger partial charge in [0.15, 0.2) is 0 Å². The first-order chi connectivity index (χ1) is 9.57. The predicted molar refractivity (Wildman–Crippen MR) is 73.7 cm³/mol. The van der Waals surface area contributed by atoms with Crippen molar-refractivity contribution < 1.29 is 13.5 Å². The van der Waals surface area contributed by atoms with Crippen molar-refractivity contribution in [1.82, 2.24) is 5.32 Å². The first kappa shape index (κ1) is 14.0. The van der Waals surface area contributed by atoms with Crippen molar-refractivity contribution in [1.29, 1.82) is 0 Å². The highest BCUT2D eigenvalue weighted by Crippen LogP contribution is 2.68. The molecule has 0 radical (unpaired) electrons. The number of hydrogen-bond acceptors (Lipinski definition) is 2. The number of methoxy groups -OCH3 is 1. The van der Waals surface area contributed by atoms with E-state index in [1.807, 2.05) is 0 Å². The molecule has 0 saturated heterocycles. The molecule has 2 aliphatic rings. The van der Waals surface area contributed by atoms with Crippen LogP contribution in [0.1, 0.15) is 31.2 Å². The van der Waals surface area contributed by atoms with Gasteiger partial charge in [0.2, 0.25) is 0 Å². The number of ether oxygens (including phenoxy) is 1. The number of rotatable bonds is 6. The molecule has 0 unspecified atom stereocenters. The van der Waals surface area contributed by atoms with E-state index in [9.17, 15) is 8.78 Å². The summed E-state index contributed by atoms with van der Waals surface area (Å²) in [5, 5.41) is 3.36. The molecule has 1 aromatic carbocycles. The van der Waals surface area contributed by atoms with E-state index in [0.717, 1.165) is 37.6 Å². The van der Waals surface area contributed by atoms with Gasteiger partial charge in [-0.25, -0.2) is 8.78 Å². The van der Waals surface area contributed by atoms with Crippen LogP contribution in [0.15, 0.2) is 18.2 Å². The monoisotopic (exact) mass is 281 g/mol. The summed E-state index contributed by atoms with van der Waals surface area (Å²) in [6, 6.07) is 3.94. The Bertz CT molecular complexity index is 471. The number of nitrogens with one attached hydrogen (secondary N) is 1. The molecule has 2 nitrogen and oxygen atoms in total. The third-order valence-corrected chi connectivity index (χ3v) is 4.81. The van der Waals surface area contributed by atoms with Gasteiger partial charge in [0.25, 0.3) is 0 Å². The maximum Gasteiger partial charge on any atom is 0.126 e. The molecule has 1 spiro atoms. The lowest BCUT2D eigenvalue weighted by Crippen LogP contribution is -2.50. The Balaban J connectivity index is 1.75. The molecule has 4 heteroatoms. The lowest BCUT2D eigenvalue weighted by Gasteiger charge is -2.49. The van der Waals surface area contributed by atoms with Crippen molar-refractivity contribution in [2.24, 2.45) is 5.41 Å². The maximum atomic E-state index is 13.5. The van der Waals surface area contributed by atoms with Crippen molar-refractivity contribution in [3.63, 3.8) is 0 Å². The summed E-state index contributed by atoms with van der Waals surface area (Å²) < 4.78 is 32.0. The van der Waals surface area contributed by atoms with Crippen LogP contribution in [0.4, 0.5) is 8.78 Å². The normalized spacial score (nSPS) is 21.8. The first-order valence-corrected chi connectivity index (χ1v) is 7.24. The summed E-state index contributed by atoms with van der Waals surface area (Å²) in [6.07, 6.45) is 4.63. The molecule has 20 heavy (non-hydrogen) atoms. The van der Waals surface area contributed by atoms with E-state index in [0.29, 0.717) is 12.0 Å². The van der Waals surface area contributed by atoms with E-state index in [4.69, 9.17) is 4.74 Å². The molecule has 110 valence electrons. The molecule has 2 saturated carbocycles. The summed E-state index contributed by atoms with van der Waals surface area (Å²) in [5.41, 5.74) is 1.18. The first-order valence-electron chi connectivity index (χ1n) is 7.24. The molecule has 2 aliphatic carbocycles. The Hall–Kier alpha value is -1.00. The smallest absolute Gasteiger partial charge is 0.126 e. The highest BCUT2D eigenvalue weighted by atomic mass is 19.1. The molecular weight excluding hydrogens is 260 g/mol. The zero-order valence-corrected chi connectivity index (χ0v) is 11.8. The Kier molecular flexibility index (Phi) is 3.55. The fraction of sp³-hybridized carbons (Fsp3) is 0.625. The number of hydrogen-bond donors (Lipinski definition) is 1. The fourth-order valence-corrected chi connectivity index (χ4v) is 3.71. The SMILES string of the molecule is COCCNCC1(c2cc(F)cc(F)c2)CC2(CC2)C1. The van der Waals surface area contributed by atoms with Crippen molar-refractivity contribution in [2.75, 3.05) is 26.8 Å². The lowest BCUT2D eigenvalue weighted by atomic mass is 9.56. The van der Waals surface area contributed by atoms with Crippen LogP contribution < -0.4 is 5.32 Å². The van der Waals surface area contributed by atoms with Crippen molar-refractivity contribution in [2.45, 2.75) is 31.1 Å². The van der Waals surface area contributed by atoms with Gasteiger partial charge in [-0.15, -0.1) is 0 Å². The van der Waals surface area contributed by atoms with E-state index >= 15 is 0 Å². The van der Waals surface area contributed by atoms with Gasteiger partial charge in [-0.3, -0.25) is 0 Å². The van der Waals surface area contributed by atoms with Gasteiger partial charge in [-0.2, -0.15) is 0 Å². The molecule has 0 amide bonds. The van der Waals surface area contributed by atoms with Crippen LogP contribution in [-0.4, -0.2) is 26.8 Å². The predicted octanol–water partition coefficient (Wildman–Crippen LogP) is 3.01. The molecule has 0 heterocycles. The third kappa shape index (κ3) is 2.59. The Morgan fingerprint density at radius 3 is 2.35 bits per heavy atom. The number of benzene rings is 1. The standard InChI is InChI=1S/C16H21F2NO/c1-20-5-4-19-11-16(9-15(10-16)2-3-15)12-6-13(17)8-14(18)7-12/h6-8,19H,2-5,9-11H2,1H3. The molecular formula is C16H21F2NO. The molecule has 0 atom stereocenters. The van der Waals surface area contributed by atoms with Crippen LogP contribution in [0, 0.1) is 17.0 Å². The second kappa shape index (κ2) is 5.08. The van der Waals surface area contributed by atoms with Gasteiger partial charge in [0.1, 0.15) is 11.6 Å². The summed E-state index contributed by atoms with van der Waals surface area (Å²) in [4.78, 5) is 0. The van der Waals surface area contributed by atoms with Gasteiger partial charge in [0.05, 0.1) is 6.61 Å². The highest BCUT2D eigenvalue weighted by molar-refractivity contribution is 5.34. The van der Waals surface area contributed by atoms with E-state index in [-0.39, 0.29) is 5.41 Å². The Labute approximate surface area is 118 Å². The molecule has 1 N–H and O–H groups in total. The van der Waals surface area contributed by atoms with Crippen molar-refractivity contribution in [3.05, 3.63) is 35.4 Å². The van der Waals surface area contributed by atoms with Crippen LogP contribution in [0.3, 0.4) is 0 Å². The molecule has 0 bridgehead atoms. The summed E-state index contributed by atoms with van der Waals surface area (Å²) in [7, 11) is 1.67.